The van der Waals surface area contributed by atoms with Gasteiger partial charge >= 0.3 is 0 Å². The molecule has 0 aromatic heterocycles. The summed E-state index contributed by atoms with van der Waals surface area (Å²) in [6, 6.07) is 20.9. The van der Waals surface area contributed by atoms with Crippen LogP contribution in [-0.4, -0.2) is 30.9 Å². The third-order valence-electron chi connectivity index (χ3n) is 4.00. The van der Waals surface area contributed by atoms with Crippen LogP contribution in [0.2, 0.25) is 0 Å². The summed E-state index contributed by atoms with van der Waals surface area (Å²) in [5, 5.41) is 13.7. The van der Waals surface area contributed by atoms with Gasteiger partial charge in [0.1, 0.15) is 5.75 Å². The Labute approximate surface area is 182 Å². The van der Waals surface area contributed by atoms with Crippen molar-refractivity contribution in [3.05, 3.63) is 75.9 Å². The fourth-order valence-corrected chi connectivity index (χ4v) is 3.18. The second kappa shape index (κ2) is 9.92. The van der Waals surface area contributed by atoms with Crippen molar-refractivity contribution < 1.29 is 19.4 Å². The molecule has 0 saturated carbocycles. The van der Waals surface area contributed by atoms with Gasteiger partial charge in [-0.2, -0.15) is 5.10 Å². The molecule has 0 heterocycles. The Hall–Kier alpha value is -3.07. The number of benzene rings is 3. The summed E-state index contributed by atoms with van der Waals surface area (Å²) in [7, 11) is 1.47. The molecule has 0 aliphatic heterocycles. The Morgan fingerprint density at radius 2 is 1.79 bits per heavy atom. The van der Waals surface area contributed by atoms with E-state index in [1.807, 2.05) is 77.2 Å². The van der Waals surface area contributed by atoms with Gasteiger partial charge in [-0.15, -0.1) is 0 Å². The molecule has 0 bridgehead atoms. The Bertz CT molecular complexity index is 1010. The molecular formula is C22H19IN2O4. The zero-order valence-corrected chi connectivity index (χ0v) is 17.8. The van der Waals surface area contributed by atoms with Gasteiger partial charge in [0.25, 0.3) is 5.91 Å². The summed E-state index contributed by atoms with van der Waals surface area (Å²) >= 11 is 1.99. The largest absolute Gasteiger partial charge is 0.504 e. The van der Waals surface area contributed by atoms with Crippen LogP contribution in [0.25, 0.3) is 11.1 Å². The molecule has 0 aliphatic carbocycles. The van der Waals surface area contributed by atoms with Crippen molar-refractivity contribution in [2.45, 2.75) is 0 Å². The number of hydrogen-bond donors (Lipinski definition) is 2. The third-order valence-corrected chi connectivity index (χ3v) is 4.83. The van der Waals surface area contributed by atoms with Crippen molar-refractivity contribution in [2.75, 3.05) is 13.7 Å². The molecule has 3 aromatic carbocycles. The van der Waals surface area contributed by atoms with Crippen molar-refractivity contribution in [1.82, 2.24) is 5.43 Å². The van der Waals surface area contributed by atoms with E-state index in [9.17, 15) is 9.90 Å². The van der Waals surface area contributed by atoms with Gasteiger partial charge in [0, 0.05) is 0 Å². The predicted molar refractivity (Wildman–Crippen MR) is 120 cm³/mol. The normalized spacial score (nSPS) is 10.7. The van der Waals surface area contributed by atoms with Gasteiger partial charge in [0.15, 0.2) is 18.1 Å². The highest BCUT2D eigenvalue weighted by molar-refractivity contribution is 14.1. The monoisotopic (exact) mass is 502 g/mol. The number of aromatic hydroxyl groups is 1. The van der Waals surface area contributed by atoms with E-state index in [-0.39, 0.29) is 18.3 Å². The van der Waals surface area contributed by atoms with Gasteiger partial charge in [-0.25, -0.2) is 5.43 Å². The topological polar surface area (TPSA) is 80.2 Å². The van der Waals surface area contributed by atoms with E-state index < -0.39 is 0 Å². The Kier molecular flexibility index (Phi) is 7.07. The standard InChI is InChI=1S/C22H19IN2O4/c1-28-20-12-15(11-19(23)22(20)27)13-24-25-21(26)14-29-18-9-7-17(8-10-18)16-5-3-2-4-6-16/h2-13,27H,14H2,1H3,(H,25,26)/b24-13+. The van der Waals surface area contributed by atoms with Crippen molar-refractivity contribution in [1.29, 1.82) is 0 Å². The van der Waals surface area contributed by atoms with Crippen LogP contribution in [0.3, 0.4) is 0 Å². The summed E-state index contributed by atoms with van der Waals surface area (Å²) in [6.07, 6.45) is 1.47. The van der Waals surface area contributed by atoms with Crippen LogP contribution in [0.1, 0.15) is 5.56 Å². The van der Waals surface area contributed by atoms with Crippen LogP contribution in [0.5, 0.6) is 17.2 Å². The zero-order valence-electron chi connectivity index (χ0n) is 15.6. The molecule has 0 atom stereocenters. The van der Waals surface area contributed by atoms with E-state index in [2.05, 4.69) is 10.5 Å². The minimum Gasteiger partial charge on any atom is -0.504 e. The number of phenols is 1. The minimum absolute atomic E-state index is 0.0703. The van der Waals surface area contributed by atoms with Crippen LogP contribution in [-0.2, 0) is 4.79 Å². The lowest BCUT2D eigenvalue weighted by atomic mass is 10.1. The highest BCUT2D eigenvalue weighted by Gasteiger charge is 2.07. The van der Waals surface area contributed by atoms with Gasteiger partial charge in [-0.3, -0.25) is 4.79 Å². The molecule has 0 fully saturated rings. The number of amides is 1. The number of hydrazone groups is 1. The van der Waals surface area contributed by atoms with E-state index in [4.69, 9.17) is 9.47 Å². The van der Waals surface area contributed by atoms with Gasteiger partial charge in [-0.05, 0) is 63.5 Å². The lowest BCUT2D eigenvalue weighted by Gasteiger charge is -2.07. The molecule has 1 amide bonds. The van der Waals surface area contributed by atoms with E-state index >= 15 is 0 Å². The zero-order chi connectivity index (χ0) is 20.6. The maximum absolute atomic E-state index is 11.9. The van der Waals surface area contributed by atoms with Gasteiger partial charge < -0.3 is 14.6 Å². The van der Waals surface area contributed by atoms with Gasteiger partial charge in [-0.1, -0.05) is 42.5 Å². The summed E-state index contributed by atoms with van der Waals surface area (Å²) in [5.74, 6) is 0.628. The van der Waals surface area contributed by atoms with Crippen LogP contribution in [0.4, 0.5) is 0 Å². The molecule has 7 heteroatoms. The molecule has 2 N–H and O–H groups in total. The third kappa shape index (κ3) is 5.71. The molecule has 29 heavy (non-hydrogen) atoms. The molecule has 3 aromatic rings. The quantitative estimate of drug-likeness (QED) is 0.289. The molecular weight excluding hydrogens is 483 g/mol. The molecule has 0 aliphatic rings. The first-order chi connectivity index (χ1) is 14.1. The number of ether oxygens (including phenoxy) is 2. The van der Waals surface area contributed by atoms with Crippen LogP contribution in [0.15, 0.2) is 71.8 Å². The lowest BCUT2D eigenvalue weighted by Crippen LogP contribution is -2.24. The summed E-state index contributed by atoms with van der Waals surface area (Å²) in [6.45, 7) is -0.154. The first-order valence-corrected chi connectivity index (χ1v) is 9.81. The average molecular weight is 502 g/mol. The maximum Gasteiger partial charge on any atom is 0.277 e. The highest BCUT2D eigenvalue weighted by atomic mass is 127. The second-order valence-electron chi connectivity index (χ2n) is 6.03. The van der Waals surface area contributed by atoms with Crippen LogP contribution in [0, 0.1) is 3.57 Å². The molecule has 3 rings (SSSR count). The highest BCUT2D eigenvalue weighted by Crippen LogP contribution is 2.31. The number of phenolic OH excluding ortho intramolecular Hbond substituents is 1. The van der Waals surface area contributed by atoms with E-state index in [0.717, 1.165) is 11.1 Å². The summed E-state index contributed by atoms with van der Waals surface area (Å²) in [4.78, 5) is 11.9. The summed E-state index contributed by atoms with van der Waals surface area (Å²) in [5.41, 5.74) is 5.28. The molecule has 6 nitrogen and oxygen atoms in total. The fraction of sp³-hybridized carbons (Fsp3) is 0.0909. The van der Waals surface area contributed by atoms with Crippen molar-refractivity contribution in [3.63, 3.8) is 0 Å². The maximum atomic E-state index is 11.9. The van der Waals surface area contributed by atoms with Gasteiger partial charge in [0.2, 0.25) is 0 Å². The average Bonchev–Trinajstić information content (AvgIpc) is 2.75. The number of hydrogen-bond acceptors (Lipinski definition) is 5. The van der Waals surface area contributed by atoms with E-state index in [1.165, 1.54) is 13.3 Å². The van der Waals surface area contributed by atoms with E-state index in [1.54, 1.807) is 12.1 Å². The van der Waals surface area contributed by atoms with Crippen molar-refractivity contribution >= 4 is 34.7 Å². The fourth-order valence-electron chi connectivity index (χ4n) is 2.56. The Balaban J connectivity index is 1.51. The second-order valence-corrected chi connectivity index (χ2v) is 7.19. The lowest BCUT2D eigenvalue weighted by molar-refractivity contribution is -0.123. The van der Waals surface area contributed by atoms with Crippen LogP contribution >= 0.6 is 22.6 Å². The molecule has 0 spiro atoms. The first-order valence-electron chi connectivity index (χ1n) is 8.73. The van der Waals surface area contributed by atoms with E-state index in [0.29, 0.717) is 20.6 Å². The number of rotatable bonds is 7. The molecule has 0 radical (unpaired) electrons. The first kappa shape index (κ1) is 20.7. The molecule has 0 unspecified atom stereocenters. The SMILES string of the molecule is COc1cc(/C=N/NC(=O)COc2ccc(-c3ccccc3)cc2)cc(I)c1O. The van der Waals surface area contributed by atoms with Crippen LogP contribution < -0.4 is 14.9 Å². The number of carbonyl (C=O) groups excluding carboxylic acids is 1. The Morgan fingerprint density at radius 1 is 1.10 bits per heavy atom. The molecule has 148 valence electrons. The molecule has 0 saturated heterocycles. The smallest absolute Gasteiger partial charge is 0.277 e. The summed E-state index contributed by atoms with van der Waals surface area (Å²) < 4.78 is 11.2. The Morgan fingerprint density at radius 3 is 2.48 bits per heavy atom. The predicted octanol–water partition coefficient (Wildman–Crippen LogP) is 4.20. The number of carbonyl (C=O) groups is 1. The number of nitrogens with zero attached hydrogens (tertiary/aromatic N) is 1. The minimum atomic E-state index is -0.381. The number of methoxy groups -OCH3 is 1. The van der Waals surface area contributed by atoms with Crippen molar-refractivity contribution in [2.24, 2.45) is 5.10 Å². The number of nitrogens with one attached hydrogen (secondary N) is 1. The van der Waals surface area contributed by atoms with Crippen molar-refractivity contribution in [3.8, 4) is 28.4 Å². The van der Waals surface area contributed by atoms with Gasteiger partial charge in [0.05, 0.1) is 16.9 Å². The number of halogens is 1.